The molecule has 1 aromatic heterocycles. The first-order chi connectivity index (χ1) is 16.6. The first-order valence-electron chi connectivity index (χ1n) is 11.2. The van der Waals surface area contributed by atoms with Crippen molar-refractivity contribution in [2.24, 2.45) is 11.7 Å². The molecule has 35 heavy (non-hydrogen) atoms. The van der Waals surface area contributed by atoms with Gasteiger partial charge < -0.3 is 11.1 Å². The predicted octanol–water partition coefficient (Wildman–Crippen LogP) is 0.334. The number of benzene rings is 1. The number of aryl methyl sites for hydroxylation is 1. The van der Waals surface area contributed by atoms with Gasteiger partial charge in [0.15, 0.2) is 14.6 Å². The number of hydrogen-bond donors (Lipinski definition) is 4. The molecule has 10 nitrogen and oxygen atoms in total. The van der Waals surface area contributed by atoms with Crippen LogP contribution < -0.4 is 16.5 Å². The Hall–Kier alpha value is -3.38. The lowest BCUT2D eigenvalue weighted by Gasteiger charge is -2.24. The van der Waals surface area contributed by atoms with Crippen LogP contribution in [-0.4, -0.2) is 58.8 Å². The molecule has 0 radical (unpaired) electrons. The summed E-state index contributed by atoms with van der Waals surface area (Å²) in [6.45, 7) is 1.42. The van der Waals surface area contributed by atoms with Gasteiger partial charge in [-0.1, -0.05) is 11.8 Å². The molecule has 3 atom stereocenters. The van der Waals surface area contributed by atoms with Crippen LogP contribution in [0, 0.1) is 29.6 Å². The highest BCUT2D eigenvalue weighted by atomic mass is 32.2. The first kappa shape index (κ1) is 26.2. The third-order valence-electron chi connectivity index (χ3n) is 6.30. The molecule has 3 rings (SSSR count). The van der Waals surface area contributed by atoms with Gasteiger partial charge in [0.05, 0.1) is 12.1 Å². The molecule has 0 aliphatic heterocycles. The van der Waals surface area contributed by atoms with Crippen molar-refractivity contribution < 1.29 is 23.2 Å². The van der Waals surface area contributed by atoms with E-state index >= 15 is 0 Å². The Balaban J connectivity index is 1.65. The van der Waals surface area contributed by atoms with E-state index in [4.69, 9.17) is 10.9 Å². The number of carbonyl (C=O) groups is 2. The van der Waals surface area contributed by atoms with Gasteiger partial charge in [-0.25, -0.2) is 13.9 Å². The van der Waals surface area contributed by atoms with E-state index in [-0.39, 0.29) is 37.4 Å². The first-order valence-corrected chi connectivity index (χ1v) is 13.1. The third-order valence-corrected chi connectivity index (χ3v) is 8.33. The Labute approximate surface area is 204 Å². The number of hydrogen-bond acceptors (Lipinski definition) is 7. The number of nitrogens with zero attached hydrogens (tertiary/aromatic N) is 2. The SMILES string of the molecule is CC(CCn1cc2cc(C#CC#CC3CCC(NC(=O)CN)C3)ccc2n1)(C(=O)NO)S(C)(=O)=O. The molecule has 1 saturated carbocycles. The highest BCUT2D eigenvalue weighted by Crippen LogP contribution is 2.25. The lowest BCUT2D eigenvalue weighted by atomic mass is 10.1. The van der Waals surface area contributed by atoms with E-state index in [9.17, 15) is 18.0 Å². The maximum absolute atomic E-state index is 12.1. The monoisotopic (exact) mass is 499 g/mol. The van der Waals surface area contributed by atoms with Gasteiger partial charge in [0, 0.05) is 41.9 Å². The van der Waals surface area contributed by atoms with Crippen LogP contribution in [0.1, 0.15) is 38.2 Å². The molecule has 11 heteroatoms. The quantitative estimate of drug-likeness (QED) is 0.243. The van der Waals surface area contributed by atoms with E-state index in [0.717, 1.165) is 36.5 Å². The van der Waals surface area contributed by atoms with Crippen molar-refractivity contribution in [3.05, 3.63) is 30.0 Å². The number of nitrogens with two attached hydrogens (primary N) is 1. The van der Waals surface area contributed by atoms with E-state index in [1.165, 1.54) is 12.4 Å². The number of hydroxylamine groups is 1. The van der Waals surface area contributed by atoms with Crippen LogP contribution >= 0.6 is 0 Å². The van der Waals surface area contributed by atoms with E-state index in [1.54, 1.807) is 16.9 Å². The number of nitrogens with one attached hydrogen (secondary N) is 2. The van der Waals surface area contributed by atoms with Crippen molar-refractivity contribution >= 4 is 32.6 Å². The number of amides is 2. The Kier molecular flexibility index (Phi) is 8.18. The van der Waals surface area contributed by atoms with Gasteiger partial charge in [-0.2, -0.15) is 5.10 Å². The van der Waals surface area contributed by atoms with E-state index in [1.807, 2.05) is 12.1 Å². The zero-order valence-electron chi connectivity index (χ0n) is 19.7. The van der Waals surface area contributed by atoms with Crippen molar-refractivity contribution in [2.45, 2.75) is 49.9 Å². The van der Waals surface area contributed by atoms with E-state index < -0.39 is 20.5 Å². The lowest BCUT2D eigenvalue weighted by Crippen LogP contribution is -2.49. The summed E-state index contributed by atoms with van der Waals surface area (Å²) >= 11 is 0. The van der Waals surface area contributed by atoms with Gasteiger partial charge in [-0.15, -0.1) is 0 Å². The van der Waals surface area contributed by atoms with Crippen LogP contribution in [0.15, 0.2) is 24.4 Å². The summed E-state index contributed by atoms with van der Waals surface area (Å²) in [5, 5.41) is 17.1. The average molecular weight is 500 g/mol. The molecular formula is C24H29N5O5S. The average Bonchev–Trinajstić information content (AvgIpc) is 3.44. The Morgan fingerprint density at radius 2 is 2.09 bits per heavy atom. The predicted molar refractivity (Wildman–Crippen MR) is 131 cm³/mol. The maximum Gasteiger partial charge on any atom is 0.264 e. The highest BCUT2D eigenvalue weighted by molar-refractivity contribution is 7.92. The summed E-state index contributed by atoms with van der Waals surface area (Å²) in [5.41, 5.74) is 8.23. The van der Waals surface area contributed by atoms with Crippen molar-refractivity contribution in [1.29, 1.82) is 0 Å². The van der Waals surface area contributed by atoms with Crippen LogP contribution in [-0.2, 0) is 26.0 Å². The zero-order valence-corrected chi connectivity index (χ0v) is 20.5. The molecule has 3 unspecified atom stereocenters. The third kappa shape index (κ3) is 6.40. The molecule has 0 saturated heterocycles. The Morgan fingerprint density at radius 1 is 1.31 bits per heavy atom. The fraction of sp³-hybridized carbons (Fsp3) is 0.458. The van der Waals surface area contributed by atoms with Gasteiger partial charge in [-0.05, 0) is 62.6 Å². The number of sulfone groups is 1. The number of rotatable bonds is 7. The zero-order chi connectivity index (χ0) is 25.6. The molecule has 1 fully saturated rings. The van der Waals surface area contributed by atoms with Gasteiger partial charge in [-0.3, -0.25) is 19.5 Å². The molecule has 1 aliphatic carbocycles. The maximum atomic E-state index is 12.1. The molecule has 0 bridgehead atoms. The van der Waals surface area contributed by atoms with Crippen LogP contribution in [0.2, 0.25) is 0 Å². The minimum atomic E-state index is -3.78. The lowest BCUT2D eigenvalue weighted by molar-refractivity contribution is -0.131. The summed E-state index contributed by atoms with van der Waals surface area (Å²) < 4.78 is 24.0. The number of carbonyl (C=O) groups excluding carboxylic acids is 2. The van der Waals surface area contributed by atoms with Gasteiger partial charge in [0.1, 0.15) is 0 Å². The van der Waals surface area contributed by atoms with Crippen molar-refractivity contribution in [1.82, 2.24) is 20.6 Å². The van der Waals surface area contributed by atoms with Gasteiger partial charge >= 0.3 is 0 Å². The van der Waals surface area contributed by atoms with Crippen LogP contribution in [0.25, 0.3) is 10.9 Å². The summed E-state index contributed by atoms with van der Waals surface area (Å²) in [5.74, 6) is 11.0. The summed E-state index contributed by atoms with van der Waals surface area (Å²) in [7, 11) is -3.78. The molecule has 2 aromatic rings. The number of aromatic nitrogens is 2. The van der Waals surface area contributed by atoms with Crippen LogP contribution in [0.5, 0.6) is 0 Å². The van der Waals surface area contributed by atoms with E-state index in [0.29, 0.717) is 5.52 Å². The van der Waals surface area contributed by atoms with Crippen molar-refractivity contribution in [2.75, 3.05) is 12.8 Å². The van der Waals surface area contributed by atoms with Crippen molar-refractivity contribution in [3.8, 4) is 23.7 Å². The molecular weight excluding hydrogens is 470 g/mol. The number of fused-ring (bicyclic) bond motifs is 1. The Morgan fingerprint density at radius 3 is 2.77 bits per heavy atom. The highest BCUT2D eigenvalue weighted by Gasteiger charge is 2.43. The molecule has 1 heterocycles. The minimum absolute atomic E-state index is 0.0114. The topological polar surface area (TPSA) is 156 Å². The second-order valence-corrected chi connectivity index (χ2v) is 11.3. The standard InChI is InChI=1S/C24H29N5O5S/c1-24(23(31)28-32,35(2,33)34)11-12-29-16-19-13-17(8-10-21(19)27-29)5-3-4-6-18-7-9-20(14-18)26-22(30)15-25/h8,10,13,16,18,20,32H,7,9,11-12,14-15,25H2,1-2H3,(H,26,30)(H,28,31). The summed E-state index contributed by atoms with van der Waals surface area (Å²) in [6.07, 6.45) is 5.23. The second kappa shape index (κ2) is 10.9. The molecule has 2 amide bonds. The summed E-state index contributed by atoms with van der Waals surface area (Å²) in [6, 6.07) is 5.60. The fourth-order valence-electron chi connectivity index (χ4n) is 3.95. The van der Waals surface area contributed by atoms with Crippen molar-refractivity contribution in [3.63, 3.8) is 0 Å². The van der Waals surface area contributed by atoms with Crippen LogP contribution in [0.3, 0.4) is 0 Å². The van der Waals surface area contributed by atoms with Gasteiger partial charge in [0.25, 0.3) is 5.91 Å². The molecule has 186 valence electrons. The molecule has 0 spiro atoms. The second-order valence-electron chi connectivity index (χ2n) is 8.86. The fourth-order valence-corrected chi connectivity index (χ4v) is 4.80. The molecule has 1 aliphatic rings. The van der Waals surface area contributed by atoms with E-state index in [2.05, 4.69) is 34.1 Å². The molecule has 5 N–H and O–H groups in total. The van der Waals surface area contributed by atoms with Crippen LogP contribution in [0.4, 0.5) is 0 Å². The Bertz CT molecular complexity index is 1350. The normalized spacial score (nSPS) is 19.1. The minimum Gasteiger partial charge on any atom is -0.352 e. The smallest absolute Gasteiger partial charge is 0.264 e. The molecule has 1 aromatic carbocycles. The summed E-state index contributed by atoms with van der Waals surface area (Å²) in [4.78, 5) is 23.4. The largest absolute Gasteiger partial charge is 0.352 e. The van der Waals surface area contributed by atoms with Gasteiger partial charge in [0.2, 0.25) is 5.91 Å².